The maximum atomic E-state index is 12.0. The van der Waals surface area contributed by atoms with Crippen molar-refractivity contribution in [2.75, 3.05) is 31.1 Å². The maximum absolute atomic E-state index is 12.0. The molecule has 4 heteroatoms. The van der Waals surface area contributed by atoms with Gasteiger partial charge in [0.15, 0.2) is 0 Å². The van der Waals surface area contributed by atoms with E-state index in [1.54, 1.807) is 0 Å². The monoisotopic (exact) mass is 274 g/mol. The SMILES string of the molecule is CC(=O)CCC(=O)N1CCN(c2cccc(C)c2)CC1. The van der Waals surface area contributed by atoms with E-state index in [1.807, 2.05) is 4.90 Å². The van der Waals surface area contributed by atoms with Gasteiger partial charge in [-0.2, -0.15) is 0 Å². The van der Waals surface area contributed by atoms with E-state index in [0.717, 1.165) is 26.2 Å². The normalized spacial score (nSPS) is 15.3. The zero-order valence-corrected chi connectivity index (χ0v) is 12.3. The Labute approximate surface area is 120 Å². The number of piperazine rings is 1. The molecule has 0 bridgehead atoms. The molecule has 1 aliphatic rings. The van der Waals surface area contributed by atoms with Gasteiger partial charge in [0.2, 0.25) is 5.91 Å². The zero-order chi connectivity index (χ0) is 14.5. The molecule has 1 amide bonds. The third-order valence-corrected chi connectivity index (χ3v) is 3.69. The van der Waals surface area contributed by atoms with Gasteiger partial charge in [-0.05, 0) is 31.5 Å². The first-order valence-corrected chi connectivity index (χ1v) is 7.15. The number of amides is 1. The van der Waals surface area contributed by atoms with Crippen molar-refractivity contribution in [3.05, 3.63) is 29.8 Å². The summed E-state index contributed by atoms with van der Waals surface area (Å²) in [4.78, 5) is 27.1. The molecular formula is C16H22N2O2. The van der Waals surface area contributed by atoms with Crippen LogP contribution in [0.5, 0.6) is 0 Å². The molecule has 108 valence electrons. The number of carbonyl (C=O) groups excluding carboxylic acids is 2. The second kappa shape index (κ2) is 6.55. The highest BCUT2D eigenvalue weighted by Crippen LogP contribution is 2.18. The smallest absolute Gasteiger partial charge is 0.223 e. The molecule has 0 spiro atoms. The Morgan fingerprint density at radius 2 is 1.80 bits per heavy atom. The quantitative estimate of drug-likeness (QED) is 0.843. The summed E-state index contributed by atoms with van der Waals surface area (Å²) in [5.74, 6) is 0.181. The highest BCUT2D eigenvalue weighted by atomic mass is 16.2. The summed E-state index contributed by atoms with van der Waals surface area (Å²) >= 11 is 0. The predicted molar refractivity (Wildman–Crippen MR) is 79.9 cm³/mol. The second-order valence-electron chi connectivity index (χ2n) is 5.41. The number of hydrogen-bond donors (Lipinski definition) is 0. The molecule has 1 saturated heterocycles. The van der Waals surface area contributed by atoms with Crippen molar-refractivity contribution in [3.8, 4) is 0 Å². The van der Waals surface area contributed by atoms with Gasteiger partial charge in [0.25, 0.3) is 0 Å². The fourth-order valence-corrected chi connectivity index (χ4v) is 2.48. The Hall–Kier alpha value is -1.84. The molecule has 1 aromatic rings. The largest absolute Gasteiger partial charge is 0.368 e. The lowest BCUT2D eigenvalue weighted by Crippen LogP contribution is -2.48. The number of benzene rings is 1. The summed E-state index contributed by atoms with van der Waals surface area (Å²) in [7, 11) is 0. The van der Waals surface area contributed by atoms with Crippen molar-refractivity contribution in [2.45, 2.75) is 26.7 Å². The second-order valence-corrected chi connectivity index (χ2v) is 5.41. The van der Waals surface area contributed by atoms with Crippen LogP contribution in [0.25, 0.3) is 0 Å². The van der Waals surface area contributed by atoms with E-state index in [1.165, 1.54) is 18.2 Å². The Kier molecular flexibility index (Phi) is 4.77. The average Bonchev–Trinajstić information content (AvgIpc) is 2.45. The Morgan fingerprint density at radius 1 is 1.10 bits per heavy atom. The number of carbonyl (C=O) groups is 2. The topological polar surface area (TPSA) is 40.6 Å². The van der Waals surface area contributed by atoms with E-state index in [4.69, 9.17) is 0 Å². The Morgan fingerprint density at radius 3 is 2.40 bits per heavy atom. The number of hydrogen-bond acceptors (Lipinski definition) is 3. The van der Waals surface area contributed by atoms with Crippen LogP contribution >= 0.6 is 0 Å². The number of nitrogens with zero attached hydrogens (tertiary/aromatic N) is 2. The van der Waals surface area contributed by atoms with Crippen LogP contribution in [0.15, 0.2) is 24.3 Å². The molecule has 0 aromatic heterocycles. The van der Waals surface area contributed by atoms with Crippen LogP contribution in [0, 0.1) is 6.92 Å². The molecule has 1 aliphatic heterocycles. The van der Waals surface area contributed by atoms with Gasteiger partial charge in [0.1, 0.15) is 5.78 Å². The minimum atomic E-state index is 0.0803. The average molecular weight is 274 g/mol. The molecule has 0 unspecified atom stereocenters. The van der Waals surface area contributed by atoms with Crippen LogP contribution in [0.4, 0.5) is 5.69 Å². The van der Waals surface area contributed by atoms with Crippen molar-refractivity contribution in [1.82, 2.24) is 4.90 Å². The minimum absolute atomic E-state index is 0.0803. The predicted octanol–water partition coefficient (Wildman–Crippen LogP) is 2.01. The summed E-state index contributed by atoms with van der Waals surface area (Å²) in [6.45, 7) is 6.81. The van der Waals surface area contributed by atoms with E-state index >= 15 is 0 Å². The van der Waals surface area contributed by atoms with Crippen molar-refractivity contribution in [2.24, 2.45) is 0 Å². The van der Waals surface area contributed by atoms with Gasteiger partial charge in [0, 0.05) is 44.7 Å². The van der Waals surface area contributed by atoms with Crippen LogP contribution in [0.1, 0.15) is 25.3 Å². The molecule has 0 saturated carbocycles. The molecule has 0 atom stereocenters. The van der Waals surface area contributed by atoms with Crippen LogP contribution in [0.2, 0.25) is 0 Å². The molecule has 0 N–H and O–H groups in total. The fraction of sp³-hybridized carbons (Fsp3) is 0.500. The fourth-order valence-electron chi connectivity index (χ4n) is 2.48. The summed E-state index contributed by atoms with van der Waals surface area (Å²) in [6.07, 6.45) is 0.705. The zero-order valence-electron chi connectivity index (χ0n) is 12.3. The van der Waals surface area contributed by atoms with E-state index in [-0.39, 0.29) is 11.7 Å². The van der Waals surface area contributed by atoms with E-state index in [2.05, 4.69) is 36.1 Å². The maximum Gasteiger partial charge on any atom is 0.223 e. The number of ketones is 1. The molecule has 1 fully saturated rings. The molecule has 20 heavy (non-hydrogen) atoms. The van der Waals surface area contributed by atoms with E-state index in [0.29, 0.717) is 12.8 Å². The molecule has 0 radical (unpaired) electrons. The van der Waals surface area contributed by atoms with Crippen LogP contribution in [0.3, 0.4) is 0 Å². The number of rotatable bonds is 4. The van der Waals surface area contributed by atoms with Crippen LogP contribution in [-0.4, -0.2) is 42.8 Å². The minimum Gasteiger partial charge on any atom is -0.368 e. The van der Waals surface area contributed by atoms with Crippen LogP contribution in [-0.2, 0) is 9.59 Å². The lowest BCUT2D eigenvalue weighted by molar-refractivity contribution is -0.133. The van der Waals surface area contributed by atoms with E-state index in [9.17, 15) is 9.59 Å². The molecule has 0 aliphatic carbocycles. The molecular weight excluding hydrogens is 252 g/mol. The Balaban J connectivity index is 1.86. The number of Topliss-reactive ketones (excluding diaryl/α,β-unsaturated/α-hetero) is 1. The highest BCUT2D eigenvalue weighted by molar-refractivity contribution is 5.83. The summed E-state index contributed by atoms with van der Waals surface area (Å²) in [5, 5.41) is 0. The first kappa shape index (κ1) is 14.6. The lowest BCUT2D eigenvalue weighted by Gasteiger charge is -2.36. The third kappa shape index (κ3) is 3.83. The highest BCUT2D eigenvalue weighted by Gasteiger charge is 2.21. The van der Waals surface area contributed by atoms with Crippen molar-refractivity contribution in [1.29, 1.82) is 0 Å². The van der Waals surface area contributed by atoms with Gasteiger partial charge < -0.3 is 14.6 Å². The van der Waals surface area contributed by atoms with Crippen molar-refractivity contribution in [3.63, 3.8) is 0 Å². The molecule has 2 rings (SSSR count). The third-order valence-electron chi connectivity index (χ3n) is 3.69. The van der Waals surface area contributed by atoms with E-state index < -0.39 is 0 Å². The van der Waals surface area contributed by atoms with Gasteiger partial charge in [-0.1, -0.05) is 12.1 Å². The molecule has 4 nitrogen and oxygen atoms in total. The van der Waals surface area contributed by atoms with Crippen LogP contribution < -0.4 is 4.90 Å². The van der Waals surface area contributed by atoms with Gasteiger partial charge in [-0.3, -0.25) is 4.79 Å². The molecule has 1 heterocycles. The van der Waals surface area contributed by atoms with Gasteiger partial charge in [-0.25, -0.2) is 0 Å². The standard InChI is InChI=1S/C16H22N2O2/c1-13-4-3-5-15(12-13)17-8-10-18(11-9-17)16(20)7-6-14(2)19/h3-5,12H,6-11H2,1-2H3. The summed E-state index contributed by atoms with van der Waals surface area (Å²) in [6, 6.07) is 8.44. The van der Waals surface area contributed by atoms with Gasteiger partial charge in [0.05, 0.1) is 0 Å². The molecule has 1 aromatic carbocycles. The van der Waals surface area contributed by atoms with Crippen molar-refractivity contribution >= 4 is 17.4 Å². The van der Waals surface area contributed by atoms with Gasteiger partial charge >= 0.3 is 0 Å². The lowest BCUT2D eigenvalue weighted by atomic mass is 10.1. The first-order chi connectivity index (χ1) is 9.56. The summed E-state index contributed by atoms with van der Waals surface area (Å²) < 4.78 is 0. The van der Waals surface area contributed by atoms with Gasteiger partial charge in [-0.15, -0.1) is 0 Å². The Bertz CT molecular complexity index is 491. The first-order valence-electron chi connectivity index (χ1n) is 7.15. The number of anilines is 1. The summed E-state index contributed by atoms with van der Waals surface area (Å²) in [5.41, 5.74) is 2.48. The number of aryl methyl sites for hydroxylation is 1. The van der Waals surface area contributed by atoms with Crippen molar-refractivity contribution < 1.29 is 9.59 Å².